The Kier molecular flexibility index (Phi) is 11.0. The molecule has 0 radical (unpaired) electrons. The van der Waals surface area contributed by atoms with E-state index in [2.05, 4.69) is 9.47 Å². The zero-order valence-electron chi connectivity index (χ0n) is 26.0. The number of ether oxygens (including phenoxy) is 2. The summed E-state index contributed by atoms with van der Waals surface area (Å²) >= 11 is 0. The molecule has 4 nitrogen and oxygen atoms in total. The minimum absolute atomic E-state index is 0.284. The number of benzene rings is 6. The van der Waals surface area contributed by atoms with E-state index in [0.29, 0.717) is 26.5 Å². The summed E-state index contributed by atoms with van der Waals surface area (Å²) < 4.78 is 110. The second-order valence-electron chi connectivity index (χ2n) is 10.6. The Balaban J connectivity index is 0.000000194. The summed E-state index contributed by atoms with van der Waals surface area (Å²) in [6, 6.07) is 45.8. The number of rotatable bonds is 8. The van der Waals surface area contributed by atoms with Crippen LogP contribution in [-0.4, -0.2) is 12.7 Å². The zero-order chi connectivity index (χ0) is 35.8. The standard InChI is InChI=1S/2C19H14F3O2P/c20-19(21,22)24-15-8-7-13-18(14-15)25(23,16-9-3-1-4-10-16)17-11-5-2-6-12-17;20-19(21,22)24-15-11-13-18(14-12-15)25(23,16-7-3-1-4-8-16)17-9-5-2-6-10-17/h2*1-14H. The third kappa shape index (κ3) is 8.75. The monoisotopic (exact) mass is 724 g/mol. The molecule has 0 heterocycles. The van der Waals surface area contributed by atoms with Gasteiger partial charge in [0.1, 0.15) is 11.5 Å². The topological polar surface area (TPSA) is 52.6 Å². The second kappa shape index (κ2) is 15.2. The molecule has 0 aliphatic heterocycles. The molecular weight excluding hydrogens is 696 g/mol. The molecule has 0 aromatic heterocycles. The second-order valence-corrected chi connectivity index (χ2v) is 16.2. The number of halogens is 6. The fourth-order valence-corrected chi connectivity index (χ4v) is 10.5. The Morgan fingerprint density at radius 2 is 0.640 bits per heavy atom. The van der Waals surface area contributed by atoms with Crippen LogP contribution in [-0.2, 0) is 9.13 Å². The van der Waals surface area contributed by atoms with E-state index in [0.717, 1.165) is 0 Å². The molecule has 0 spiro atoms. The Morgan fingerprint density at radius 3 is 1.00 bits per heavy atom. The molecule has 0 aliphatic carbocycles. The number of hydrogen-bond donors (Lipinski definition) is 0. The lowest BCUT2D eigenvalue weighted by atomic mass is 10.3. The van der Waals surface area contributed by atoms with Crippen LogP contribution in [0, 0.1) is 0 Å². The van der Waals surface area contributed by atoms with E-state index >= 15 is 0 Å². The first-order valence-corrected chi connectivity index (χ1v) is 18.4. The highest BCUT2D eigenvalue weighted by atomic mass is 31.2. The fourth-order valence-electron chi connectivity index (χ4n) is 5.18. The van der Waals surface area contributed by atoms with Gasteiger partial charge in [0, 0.05) is 31.8 Å². The predicted octanol–water partition coefficient (Wildman–Crippen LogP) is 8.45. The van der Waals surface area contributed by atoms with Crippen molar-refractivity contribution in [2.45, 2.75) is 12.7 Å². The minimum Gasteiger partial charge on any atom is -0.406 e. The van der Waals surface area contributed by atoms with Crippen molar-refractivity contribution in [1.29, 1.82) is 0 Å². The highest BCUT2D eigenvalue weighted by Crippen LogP contribution is 2.44. The molecule has 0 saturated carbocycles. The SMILES string of the molecule is O=P(c1ccccc1)(c1ccccc1)c1ccc(OC(F)(F)F)cc1.O=P(c1ccccc1)(c1ccccc1)c1cccc(OC(F)(F)F)c1. The van der Waals surface area contributed by atoms with E-state index in [-0.39, 0.29) is 11.1 Å². The molecule has 0 N–H and O–H groups in total. The Labute approximate surface area is 284 Å². The molecule has 6 aromatic rings. The van der Waals surface area contributed by atoms with Crippen molar-refractivity contribution in [3.8, 4) is 11.5 Å². The molecule has 6 rings (SSSR count). The largest absolute Gasteiger partial charge is 0.573 e. The molecule has 12 heteroatoms. The van der Waals surface area contributed by atoms with Crippen LogP contribution in [0.2, 0.25) is 0 Å². The smallest absolute Gasteiger partial charge is 0.406 e. The van der Waals surface area contributed by atoms with Crippen LogP contribution in [0.5, 0.6) is 11.5 Å². The Bertz CT molecular complexity index is 1990. The maximum absolute atomic E-state index is 14.0. The Morgan fingerprint density at radius 1 is 0.340 bits per heavy atom. The van der Waals surface area contributed by atoms with Crippen LogP contribution in [0.1, 0.15) is 0 Å². The fraction of sp³-hybridized carbons (Fsp3) is 0.0526. The molecule has 256 valence electrons. The molecule has 0 fully saturated rings. The molecule has 0 unspecified atom stereocenters. The molecule has 0 saturated heterocycles. The van der Waals surface area contributed by atoms with Gasteiger partial charge in [0.25, 0.3) is 0 Å². The minimum atomic E-state index is -4.80. The molecule has 6 aromatic carbocycles. The van der Waals surface area contributed by atoms with Gasteiger partial charge in [-0.15, -0.1) is 26.3 Å². The van der Waals surface area contributed by atoms with Gasteiger partial charge in [-0.25, -0.2) is 0 Å². The Hall–Kier alpha value is -5.04. The van der Waals surface area contributed by atoms with Crippen molar-refractivity contribution in [3.63, 3.8) is 0 Å². The lowest BCUT2D eigenvalue weighted by molar-refractivity contribution is -0.275. The molecular formula is C38H28F6O4P2. The molecule has 50 heavy (non-hydrogen) atoms. The van der Waals surface area contributed by atoms with Gasteiger partial charge in [0.2, 0.25) is 0 Å². The van der Waals surface area contributed by atoms with Gasteiger partial charge in [-0.1, -0.05) is 133 Å². The van der Waals surface area contributed by atoms with Crippen molar-refractivity contribution in [2.75, 3.05) is 0 Å². The van der Waals surface area contributed by atoms with E-state index < -0.39 is 32.8 Å². The maximum Gasteiger partial charge on any atom is 0.573 e. The first kappa shape index (κ1) is 36.2. The normalized spacial score (nSPS) is 12.0. The molecule has 0 atom stereocenters. The van der Waals surface area contributed by atoms with Crippen LogP contribution in [0.25, 0.3) is 0 Å². The van der Waals surface area contributed by atoms with Gasteiger partial charge in [0.15, 0.2) is 14.3 Å². The van der Waals surface area contributed by atoms with Crippen LogP contribution in [0.4, 0.5) is 26.3 Å². The van der Waals surface area contributed by atoms with Crippen LogP contribution >= 0.6 is 14.3 Å². The van der Waals surface area contributed by atoms with Crippen LogP contribution in [0.15, 0.2) is 170 Å². The van der Waals surface area contributed by atoms with Gasteiger partial charge < -0.3 is 18.6 Å². The van der Waals surface area contributed by atoms with Crippen molar-refractivity contribution < 1.29 is 44.9 Å². The summed E-state index contributed by atoms with van der Waals surface area (Å²) in [5.74, 6) is -0.735. The maximum atomic E-state index is 14.0. The predicted molar refractivity (Wildman–Crippen MR) is 185 cm³/mol. The first-order chi connectivity index (χ1) is 23.8. The summed E-state index contributed by atoms with van der Waals surface area (Å²) in [5.41, 5.74) is 0. The quantitative estimate of drug-likeness (QED) is 0.117. The summed E-state index contributed by atoms with van der Waals surface area (Å²) in [6.07, 6.45) is -9.56. The van der Waals surface area contributed by atoms with Gasteiger partial charge in [-0.05, 0) is 36.4 Å². The molecule has 0 bridgehead atoms. The van der Waals surface area contributed by atoms with E-state index in [1.807, 2.05) is 12.1 Å². The van der Waals surface area contributed by atoms with Gasteiger partial charge in [-0.3, -0.25) is 0 Å². The summed E-state index contributed by atoms with van der Waals surface area (Å²) in [4.78, 5) is 0. The highest BCUT2D eigenvalue weighted by molar-refractivity contribution is 7.85. The highest BCUT2D eigenvalue weighted by Gasteiger charge is 2.34. The van der Waals surface area contributed by atoms with Crippen LogP contribution in [0.3, 0.4) is 0 Å². The van der Waals surface area contributed by atoms with Crippen molar-refractivity contribution in [2.24, 2.45) is 0 Å². The van der Waals surface area contributed by atoms with Gasteiger partial charge in [-0.2, -0.15) is 0 Å². The molecule has 0 aliphatic rings. The zero-order valence-corrected chi connectivity index (χ0v) is 27.7. The average molecular weight is 725 g/mol. The summed E-state index contributed by atoms with van der Waals surface area (Å²) in [5, 5.41) is 3.05. The number of hydrogen-bond acceptors (Lipinski definition) is 4. The van der Waals surface area contributed by atoms with E-state index in [9.17, 15) is 35.5 Å². The van der Waals surface area contributed by atoms with E-state index in [4.69, 9.17) is 0 Å². The van der Waals surface area contributed by atoms with Gasteiger partial charge >= 0.3 is 12.7 Å². The first-order valence-electron chi connectivity index (χ1n) is 14.9. The third-order valence-electron chi connectivity index (χ3n) is 7.33. The molecule has 0 amide bonds. The number of alkyl halides is 6. The average Bonchev–Trinajstić information content (AvgIpc) is 3.12. The summed E-state index contributed by atoms with van der Waals surface area (Å²) in [6.45, 7) is 0. The van der Waals surface area contributed by atoms with E-state index in [1.54, 1.807) is 115 Å². The third-order valence-corrected chi connectivity index (χ3v) is 13.5. The van der Waals surface area contributed by atoms with Crippen molar-refractivity contribution in [3.05, 3.63) is 170 Å². The lowest BCUT2D eigenvalue weighted by Crippen LogP contribution is -2.25. The summed E-state index contributed by atoms with van der Waals surface area (Å²) in [7, 11) is -6.50. The van der Waals surface area contributed by atoms with E-state index in [1.165, 1.54) is 42.5 Å². The van der Waals surface area contributed by atoms with Gasteiger partial charge in [0.05, 0.1) is 0 Å². The van der Waals surface area contributed by atoms with Crippen LogP contribution < -0.4 is 41.3 Å². The van der Waals surface area contributed by atoms with Crippen molar-refractivity contribution >= 4 is 46.1 Å². The lowest BCUT2D eigenvalue weighted by Gasteiger charge is -2.20. The van der Waals surface area contributed by atoms with Crippen molar-refractivity contribution in [1.82, 2.24) is 0 Å².